The van der Waals surface area contributed by atoms with Gasteiger partial charge in [-0.25, -0.2) is 14.1 Å². The summed E-state index contributed by atoms with van der Waals surface area (Å²) in [6.07, 6.45) is 2.98. The lowest BCUT2D eigenvalue weighted by Gasteiger charge is -2.11. The summed E-state index contributed by atoms with van der Waals surface area (Å²) < 4.78 is 31.8. The highest BCUT2D eigenvalue weighted by Gasteiger charge is 2.18. The highest BCUT2D eigenvalue weighted by atomic mass is 32.2. The Balaban J connectivity index is 1.60. The van der Waals surface area contributed by atoms with Crippen LogP contribution in [0, 0.1) is 5.82 Å². The molecule has 4 rings (SSSR count). The Morgan fingerprint density at radius 3 is 2.75 bits per heavy atom. The van der Waals surface area contributed by atoms with Crippen LogP contribution in [-0.2, 0) is 22.6 Å². The standard InChI is InChI=1S/C26H27FN4O4S/c1-3-34-24(32)17-36-13-7-10-23-29-25-20(26(30-23)35-16-18-8-5-4-6-9-18)15-28-31(25)21-12-11-19(27)14-22(21)33-2/h4-6,8-9,11-12,14-15H,3,7,10,13,16-17H2,1-2H3. The molecule has 2 heterocycles. The van der Waals surface area contributed by atoms with Gasteiger partial charge in [-0.3, -0.25) is 4.79 Å². The Hall–Kier alpha value is -3.66. The minimum Gasteiger partial charge on any atom is -0.494 e. The van der Waals surface area contributed by atoms with Crippen LogP contribution < -0.4 is 9.47 Å². The second-order valence-corrected chi connectivity index (χ2v) is 8.90. The number of aryl methyl sites for hydroxylation is 1. The number of fused-ring (bicyclic) bond motifs is 1. The van der Waals surface area contributed by atoms with E-state index in [0.717, 1.165) is 17.7 Å². The van der Waals surface area contributed by atoms with Crippen LogP contribution in [-0.4, -0.2) is 50.9 Å². The molecule has 0 aliphatic heterocycles. The number of methoxy groups -OCH3 is 1. The van der Waals surface area contributed by atoms with Gasteiger partial charge in [0.2, 0.25) is 5.88 Å². The molecule has 4 aromatic rings. The lowest BCUT2D eigenvalue weighted by Crippen LogP contribution is -2.08. The SMILES string of the molecule is CCOC(=O)CSCCCc1nc(OCc2ccccc2)c2cnn(-c3ccc(F)cc3OC)c2n1. The molecule has 0 aliphatic rings. The van der Waals surface area contributed by atoms with Crippen LogP contribution in [0.4, 0.5) is 4.39 Å². The van der Waals surface area contributed by atoms with E-state index in [1.165, 1.54) is 31.0 Å². The predicted molar refractivity (Wildman–Crippen MR) is 136 cm³/mol. The van der Waals surface area contributed by atoms with Gasteiger partial charge in [-0.1, -0.05) is 30.3 Å². The van der Waals surface area contributed by atoms with Crippen LogP contribution in [0.15, 0.2) is 54.7 Å². The fourth-order valence-electron chi connectivity index (χ4n) is 3.57. The van der Waals surface area contributed by atoms with Crippen molar-refractivity contribution in [2.75, 3.05) is 25.2 Å². The van der Waals surface area contributed by atoms with E-state index in [4.69, 9.17) is 19.2 Å². The summed E-state index contributed by atoms with van der Waals surface area (Å²) in [6, 6.07) is 14.1. The Labute approximate surface area is 212 Å². The van der Waals surface area contributed by atoms with E-state index in [0.29, 0.717) is 59.6 Å². The van der Waals surface area contributed by atoms with E-state index in [-0.39, 0.29) is 5.97 Å². The smallest absolute Gasteiger partial charge is 0.315 e. The molecule has 10 heteroatoms. The van der Waals surface area contributed by atoms with Crippen molar-refractivity contribution in [1.29, 1.82) is 0 Å². The molecule has 0 saturated heterocycles. The summed E-state index contributed by atoms with van der Waals surface area (Å²) in [4.78, 5) is 21.0. The average Bonchev–Trinajstić information content (AvgIpc) is 3.31. The summed E-state index contributed by atoms with van der Waals surface area (Å²) in [5.74, 6) is 1.79. The van der Waals surface area contributed by atoms with Crippen LogP contribution in [0.5, 0.6) is 11.6 Å². The summed E-state index contributed by atoms with van der Waals surface area (Å²) >= 11 is 1.51. The number of halogens is 1. The number of hydrogen-bond acceptors (Lipinski definition) is 8. The molecule has 2 aromatic heterocycles. The highest BCUT2D eigenvalue weighted by molar-refractivity contribution is 7.99. The monoisotopic (exact) mass is 510 g/mol. The summed E-state index contributed by atoms with van der Waals surface area (Å²) in [5, 5.41) is 5.12. The molecular weight excluding hydrogens is 483 g/mol. The van der Waals surface area contributed by atoms with Crippen molar-refractivity contribution in [1.82, 2.24) is 19.7 Å². The Morgan fingerprint density at radius 2 is 1.97 bits per heavy atom. The first-order valence-corrected chi connectivity index (χ1v) is 12.7. The number of rotatable bonds is 12. The third kappa shape index (κ3) is 6.31. The van der Waals surface area contributed by atoms with Crippen molar-refractivity contribution >= 4 is 28.8 Å². The van der Waals surface area contributed by atoms with Crippen LogP contribution in [0.2, 0.25) is 0 Å². The molecule has 2 aromatic carbocycles. The van der Waals surface area contributed by atoms with Crippen LogP contribution in [0.25, 0.3) is 16.7 Å². The molecule has 0 amide bonds. The number of benzene rings is 2. The number of esters is 1. The zero-order valence-corrected chi connectivity index (χ0v) is 21.0. The molecule has 0 spiro atoms. The third-order valence-electron chi connectivity index (χ3n) is 5.24. The fourth-order valence-corrected chi connectivity index (χ4v) is 4.31. The molecule has 0 radical (unpaired) electrons. The molecule has 8 nitrogen and oxygen atoms in total. The van der Waals surface area contributed by atoms with Crippen LogP contribution in [0.1, 0.15) is 24.7 Å². The van der Waals surface area contributed by atoms with Crippen molar-refractivity contribution in [2.24, 2.45) is 0 Å². The van der Waals surface area contributed by atoms with E-state index in [2.05, 4.69) is 10.1 Å². The van der Waals surface area contributed by atoms with Crippen LogP contribution in [0.3, 0.4) is 0 Å². The molecule has 0 unspecified atom stereocenters. The molecule has 36 heavy (non-hydrogen) atoms. The second-order valence-electron chi connectivity index (χ2n) is 7.79. The number of thioether (sulfide) groups is 1. The maximum absolute atomic E-state index is 13.8. The minimum atomic E-state index is -0.408. The lowest BCUT2D eigenvalue weighted by atomic mass is 10.2. The molecule has 0 bridgehead atoms. The van der Waals surface area contributed by atoms with Crippen molar-refractivity contribution < 1.29 is 23.4 Å². The maximum Gasteiger partial charge on any atom is 0.315 e. The van der Waals surface area contributed by atoms with Gasteiger partial charge in [0.25, 0.3) is 0 Å². The van der Waals surface area contributed by atoms with Gasteiger partial charge in [0.05, 0.1) is 25.7 Å². The summed E-state index contributed by atoms with van der Waals surface area (Å²) in [7, 11) is 1.48. The largest absolute Gasteiger partial charge is 0.494 e. The van der Waals surface area contributed by atoms with Gasteiger partial charge in [0.15, 0.2) is 5.65 Å². The molecule has 0 atom stereocenters. The first kappa shape index (κ1) is 25.4. The van der Waals surface area contributed by atoms with Crippen LogP contribution >= 0.6 is 11.8 Å². The van der Waals surface area contributed by atoms with Crippen molar-refractivity contribution in [3.63, 3.8) is 0 Å². The maximum atomic E-state index is 13.8. The number of carbonyl (C=O) groups is 1. The normalized spacial score (nSPS) is 11.0. The summed E-state index contributed by atoms with van der Waals surface area (Å²) in [6.45, 7) is 2.51. The molecule has 188 valence electrons. The zero-order valence-electron chi connectivity index (χ0n) is 20.1. The van der Waals surface area contributed by atoms with E-state index in [1.54, 1.807) is 23.9 Å². The zero-order chi connectivity index (χ0) is 25.3. The quantitative estimate of drug-likeness (QED) is 0.199. The first-order valence-electron chi connectivity index (χ1n) is 11.6. The Morgan fingerprint density at radius 1 is 1.14 bits per heavy atom. The second kappa shape index (κ2) is 12.3. The van der Waals surface area contributed by atoms with Gasteiger partial charge in [-0.2, -0.15) is 21.8 Å². The van der Waals surface area contributed by atoms with Gasteiger partial charge in [-0.05, 0) is 36.8 Å². The highest BCUT2D eigenvalue weighted by Crippen LogP contribution is 2.30. The number of aromatic nitrogens is 4. The van der Waals surface area contributed by atoms with E-state index in [1.807, 2.05) is 30.3 Å². The number of ether oxygens (including phenoxy) is 3. The van der Waals surface area contributed by atoms with Gasteiger partial charge in [0.1, 0.15) is 35.1 Å². The van der Waals surface area contributed by atoms with Gasteiger partial charge >= 0.3 is 5.97 Å². The fraction of sp³-hybridized carbons (Fsp3) is 0.308. The van der Waals surface area contributed by atoms with Crippen molar-refractivity contribution in [3.8, 4) is 17.3 Å². The topological polar surface area (TPSA) is 88.4 Å². The Bertz CT molecular complexity index is 1320. The van der Waals surface area contributed by atoms with Crippen molar-refractivity contribution in [3.05, 3.63) is 71.9 Å². The van der Waals surface area contributed by atoms with Crippen molar-refractivity contribution in [2.45, 2.75) is 26.4 Å². The number of nitrogens with zero attached hydrogens (tertiary/aromatic N) is 4. The van der Waals surface area contributed by atoms with Gasteiger partial charge in [0, 0.05) is 12.5 Å². The third-order valence-corrected chi connectivity index (χ3v) is 6.26. The lowest BCUT2D eigenvalue weighted by molar-refractivity contribution is -0.139. The van der Waals surface area contributed by atoms with Gasteiger partial charge < -0.3 is 14.2 Å². The summed E-state index contributed by atoms with van der Waals surface area (Å²) in [5.41, 5.74) is 2.10. The van der Waals surface area contributed by atoms with E-state index < -0.39 is 5.82 Å². The molecular formula is C26H27FN4O4S. The predicted octanol–water partition coefficient (Wildman–Crippen LogP) is 4.77. The van der Waals surface area contributed by atoms with E-state index >= 15 is 0 Å². The number of hydrogen-bond donors (Lipinski definition) is 0. The Kier molecular flexibility index (Phi) is 8.72. The molecule has 0 fully saturated rings. The molecule has 0 aliphatic carbocycles. The minimum absolute atomic E-state index is 0.214. The van der Waals surface area contributed by atoms with E-state index in [9.17, 15) is 9.18 Å². The molecule has 0 saturated carbocycles. The average molecular weight is 511 g/mol. The number of carbonyl (C=O) groups excluding carboxylic acids is 1. The van der Waals surface area contributed by atoms with Gasteiger partial charge in [-0.15, -0.1) is 0 Å². The molecule has 0 N–H and O–H groups in total. The first-order chi connectivity index (χ1) is 17.6.